The molecule has 1 N–H and O–H groups in total. The second kappa shape index (κ2) is 7.31. The fraction of sp³-hybridized carbons (Fsp3) is 0.150. The molecule has 0 spiro atoms. The third-order valence-corrected chi connectivity index (χ3v) is 4.74. The number of nitrogens with one attached hydrogen (secondary N) is 1. The monoisotopic (exact) mass is 362 g/mol. The lowest BCUT2D eigenvalue weighted by Gasteiger charge is -2.24. The lowest BCUT2D eigenvalue weighted by atomic mass is 9.76. The Bertz CT molecular complexity index is 915. The molecule has 1 saturated heterocycles. The number of halogens is 1. The minimum Gasteiger partial charge on any atom is -0.295 e. The molecular formula is C20H15ClN4O. The van der Waals surface area contributed by atoms with Crippen LogP contribution in [0.2, 0.25) is 5.02 Å². The topological polar surface area (TPSA) is 79.9 Å². The Balaban J connectivity index is 2.06. The van der Waals surface area contributed by atoms with Gasteiger partial charge in [-0.05, 0) is 23.8 Å². The van der Waals surface area contributed by atoms with Crippen molar-refractivity contribution < 1.29 is 4.79 Å². The molecule has 0 saturated carbocycles. The van der Waals surface area contributed by atoms with E-state index >= 15 is 0 Å². The summed E-state index contributed by atoms with van der Waals surface area (Å²) in [6.07, 6.45) is 0. The van der Waals surface area contributed by atoms with E-state index < -0.39 is 17.8 Å². The number of hydrazine groups is 1. The Kier molecular flexibility index (Phi) is 4.93. The van der Waals surface area contributed by atoms with E-state index in [9.17, 15) is 15.3 Å². The van der Waals surface area contributed by atoms with E-state index in [1.54, 1.807) is 36.4 Å². The molecule has 2 atom stereocenters. The van der Waals surface area contributed by atoms with Crippen molar-refractivity contribution in [3.8, 4) is 12.1 Å². The van der Waals surface area contributed by atoms with Crippen molar-refractivity contribution in [2.75, 3.05) is 5.01 Å². The highest BCUT2D eigenvalue weighted by Crippen LogP contribution is 2.42. The van der Waals surface area contributed by atoms with Gasteiger partial charge in [-0.3, -0.25) is 10.2 Å². The van der Waals surface area contributed by atoms with Gasteiger partial charge in [-0.15, -0.1) is 0 Å². The van der Waals surface area contributed by atoms with Crippen molar-refractivity contribution in [3.05, 3.63) is 77.5 Å². The molecule has 26 heavy (non-hydrogen) atoms. The minimum atomic E-state index is -1.04. The predicted molar refractivity (Wildman–Crippen MR) is 98.6 cm³/mol. The second-order valence-electron chi connectivity index (χ2n) is 5.91. The van der Waals surface area contributed by atoms with Crippen LogP contribution < -0.4 is 10.4 Å². The standard InChI is InChI=1S/C20H15ClN4O/c1-13-18(20(26)25(24-13)15-7-3-2-4-8-15)19(14(11-22)12-23)16-9-5-6-10-17(16)21/h2-10,14,18-19,24H,1H2. The number of nitrogens with zero attached hydrogens (tertiary/aromatic N) is 3. The lowest BCUT2D eigenvalue weighted by Crippen LogP contribution is -2.35. The van der Waals surface area contributed by atoms with Crippen molar-refractivity contribution in [1.82, 2.24) is 5.43 Å². The summed E-state index contributed by atoms with van der Waals surface area (Å²) in [5.41, 5.74) is 4.64. The first-order valence-corrected chi connectivity index (χ1v) is 8.34. The second-order valence-corrected chi connectivity index (χ2v) is 6.31. The molecule has 0 aliphatic carbocycles. The molecule has 1 aliphatic heterocycles. The number of carbonyl (C=O) groups is 1. The number of benzene rings is 2. The molecule has 1 aliphatic rings. The number of amides is 1. The maximum atomic E-state index is 13.1. The summed E-state index contributed by atoms with van der Waals surface area (Å²) in [6, 6.07) is 20.0. The van der Waals surface area contributed by atoms with Gasteiger partial charge in [-0.1, -0.05) is 54.6 Å². The Morgan fingerprint density at radius 1 is 1.08 bits per heavy atom. The van der Waals surface area contributed by atoms with Gasteiger partial charge in [-0.25, -0.2) is 5.01 Å². The van der Waals surface area contributed by atoms with E-state index in [2.05, 4.69) is 12.0 Å². The summed E-state index contributed by atoms with van der Waals surface area (Å²) in [5, 5.41) is 20.7. The third kappa shape index (κ3) is 3.01. The van der Waals surface area contributed by atoms with Gasteiger partial charge in [-0.2, -0.15) is 10.5 Å². The molecule has 2 aromatic carbocycles. The fourth-order valence-corrected chi connectivity index (χ4v) is 3.44. The highest BCUT2D eigenvalue weighted by atomic mass is 35.5. The Morgan fingerprint density at radius 2 is 1.69 bits per heavy atom. The van der Waals surface area contributed by atoms with Crippen molar-refractivity contribution >= 4 is 23.2 Å². The zero-order valence-corrected chi connectivity index (χ0v) is 14.5. The normalized spacial score (nSPS) is 17.5. The average Bonchev–Trinajstić information content (AvgIpc) is 2.95. The van der Waals surface area contributed by atoms with Gasteiger partial charge in [0.25, 0.3) is 5.91 Å². The largest absolute Gasteiger partial charge is 0.295 e. The van der Waals surface area contributed by atoms with Gasteiger partial charge in [0.2, 0.25) is 0 Å². The summed E-state index contributed by atoms with van der Waals surface area (Å²) in [7, 11) is 0. The average molecular weight is 363 g/mol. The smallest absolute Gasteiger partial charge is 0.255 e. The number of para-hydroxylation sites is 1. The molecule has 0 bridgehead atoms. The van der Waals surface area contributed by atoms with Gasteiger partial charge in [0.15, 0.2) is 0 Å². The first kappa shape index (κ1) is 17.5. The van der Waals surface area contributed by atoms with Gasteiger partial charge < -0.3 is 0 Å². The van der Waals surface area contributed by atoms with Gasteiger partial charge >= 0.3 is 0 Å². The van der Waals surface area contributed by atoms with Crippen LogP contribution in [0.5, 0.6) is 0 Å². The Hall–Kier alpha value is -3.28. The van der Waals surface area contributed by atoms with Crippen molar-refractivity contribution in [2.24, 2.45) is 11.8 Å². The highest BCUT2D eigenvalue weighted by Gasteiger charge is 2.45. The van der Waals surface area contributed by atoms with Gasteiger partial charge in [0.1, 0.15) is 5.92 Å². The summed E-state index contributed by atoms with van der Waals surface area (Å²) in [6.45, 7) is 3.95. The van der Waals surface area contributed by atoms with Crippen LogP contribution in [0.3, 0.4) is 0 Å². The number of anilines is 1. The molecule has 2 aromatic rings. The molecule has 1 amide bonds. The van der Waals surface area contributed by atoms with Gasteiger partial charge in [0, 0.05) is 16.6 Å². The van der Waals surface area contributed by atoms with Gasteiger partial charge in [0.05, 0.1) is 23.7 Å². The van der Waals surface area contributed by atoms with Crippen LogP contribution in [-0.2, 0) is 4.79 Å². The zero-order chi connectivity index (χ0) is 18.7. The third-order valence-electron chi connectivity index (χ3n) is 4.39. The summed E-state index contributed by atoms with van der Waals surface area (Å²) >= 11 is 6.31. The molecule has 0 radical (unpaired) electrons. The molecule has 128 valence electrons. The van der Waals surface area contributed by atoms with E-state index in [1.165, 1.54) is 5.01 Å². The van der Waals surface area contributed by atoms with Crippen molar-refractivity contribution in [2.45, 2.75) is 5.92 Å². The molecule has 0 aromatic heterocycles. The predicted octanol–water partition coefficient (Wildman–Crippen LogP) is 3.77. The van der Waals surface area contributed by atoms with E-state index in [0.717, 1.165) is 0 Å². The number of rotatable bonds is 4. The van der Waals surface area contributed by atoms with Crippen LogP contribution in [0, 0.1) is 34.5 Å². The van der Waals surface area contributed by atoms with Crippen LogP contribution in [-0.4, -0.2) is 5.91 Å². The number of hydrogen-bond acceptors (Lipinski definition) is 4. The van der Waals surface area contributed by atoms with E-state index in [1.807, 2.05) is 30.3 Å². The lowest BCUT2D eigenvalue weighted by molar-refractivity contribution is -0.120. The zero-order valence-electron chi connectivity index (χ0n) is 13.8. The molecule has 6 heteroatoms. The number of carbonyl (C=O) groups excluding carboxylic acids is 1. The molecular weight excluding hydrogens is 348 g/mol. The quantitative estimate of drug-likeness (QED) is 0.897. The molecule has 5 nitrogen and oxygen atoms in total. The Morgan fingerprint density at radius 3 is 2.31 bits per heavy atom. The van der Waals surface area contributed by atoms with E-state index in [4.69, 9.17) is 11.6 Å². The minimum absolute atomic E-state index is 0.276. The SMILES string of the molecule is C=C1NN(c2ccccc2)C(=O)C1C(c1ccccc1Cl)C(C#N)C#N. The van der Waals surface area contributed by atoms with Crippen molar-refractivity contribution in [1.29, 1.82) is 10.5 Å². The maximum absolute atomic E-state index is 13.1. The maximum Gasteiger partial charge on any atom is 0.255 e. The highest BCUT2D eigenvalue weighted by molar-refractivity contribution is 6.31. The van der Waals surface area contributed by atoms with Crippen LogP contribution in [0.1, 0.15) is 11.5 Å². The van der Waals surface area contributed by atoms with E-state index in [0.29, 0.717) is 22.0 Å². The number of hydrogen-bond donors (Lipinski definition) is 1. The fourth-order valence-electron chi connectivity index (χ4n) is 3.18. The summed E-state index contributed by atoms with van der Waals surface area (Å²) in [5.74, 6) is -2.82. The van der Waals surface area contributed by atoms with Crippen LogP contribution >= 0.6 is 11.6 Å². The van der Waals surface area contributed by atoms with Crippen LogP contribution in [0.25, 0.3) is 0 Å². The van der Waals surface area contributed by atoms with E-state index in [-0.39, 0.29) is 5.91 Å². The number of nitriles is 2. The first-order chi connectivity index (χ1) is 12.6. The van der Waals surface area contributed by atoms with Crippen molar-refractivity contribution in [3.63, 3.8) is 0 Å². The summed E-state index contributed by atoms with van der Waals surface area (Å²) < 4.78 is 0. The summed E-state index contributed by atoms with van der Waals surface area (Å²) in [4.78, 5) is 13.1. The van der Waals surface area contributed by atoms with Crippen LogP contribution in [0.4, 0.5) is 5.69 Å². The molecule has 1 fully saturated rings. The van der Waals surface area contributed by atoms with Crippen LogP contribution in [0.15, 0.2) is 66.9 Å². The first-order valence-electron chi connectivity index (χ1n) is 7.96. The molecule has 2 unspecified atom stereocenters. The molecule has 1 heterocycles. The molecule has 3 rings (SSSR count). The Labute approximate surface area is 156 Å².